The topological polar surface area (TPSA) is 0 Å². The van der Waals surface area contributed by atoms with Gasteiger partial charge in [-0.15, -0.1) is 0 Å². The Bertz CT molecular complexity index is 33.7. The predicted molar refractivity (Wildman–Crippen MR) is 25.1 cm³/mol. The van der Waals surface area contributed by atoms with Gasteiger partial charge < -0.3 is 0 Å². The third-order valence-electron chi connectivity index (χ3n) is 0.362. The van der Waals surface area contributed by atoms with Crippen molar-refractivity contribution in [2.75, 3.05) is 6.67 Å². The molecule has 0 N–H and O–H groups in total. The minimum Gasteiger partial charge on any atom is -0.251 e. The number of alkyl halides is 1. The minimum atomic E-state index is -0.375. The van der Waals surface area contributed by atoms with Crippen LogP contribution in [0.1, 0.15) is 13.8 Å². The van der Waals surface area contributed by atoms with Gasteiger partial charge in [0.2, 0.25) is 0 Å². The van der Waals surface area contributed by atoms with Crippen LogP contribution < -0.4 is 0 Å². The van der Waals surface area contributed by atoms with Crippen molar-refractivity contribution in [2.45, 2.75) is 13.8 Å². The minimum absolute atomic E-state index is 0.340. The second kappa shape index (κ2) is 1.59. The van der Waals surface area contributed by atoms with E-state index in [-0.39, 0.29) is 12.1 Å². The lowest BCUT2D eigenvalue weighted by Gasteiger charge is -2.09. The summed E-state index contributed by atoms with van der Waals surface area (Å²) in [7, 11) is 0. The first-order chi connectivity index (χ1) is 2.56. The average Bonchev–Trinajstić information content (AvgIpc) is 1.35. The lowest BCUT2D eigenvalue weighted by Crippen LogP contribution is -2.06. The van der Waals surface area contributed by atoms with Crippen molar-refractivity contribution in [1.82, 2.24) is 0 Å². The Morgan fingerprint density at radius 3 is 1.83 bits per heavy atom. The van der Waals surface area contributed by atoms with Gasteiger partial charge in [0, 0.05) is 0 Å². The monoisotopic (exact) mass is 89.1 g/mol. The zero-order valence-electron chi connectivity index (χ0n) is 4.29. The first kappa shape index (κ1) is 5.93. The zero-order valence-corrected chi connectivity index (χ0v) is 4.29. The predicted octanol–water partition coefficient (Wildman–Crippen LogP) is 1.82. The Morgan fingerprint density at radius 1 is 1.67 bits per heavy atom. The van der Waals surface area contributed by atoms with Gasteiger partial charge in [0.1, 0.15) is 0 Å². The summed E-state index contributed by atoms with van der Waals surface area (Å²) in [5, 5.41) is 0. The Balaban J connectivity index is 3.17. The molecule has 0 aliphatic heterocycles. The maximum atomic E-state index is 11.4. The van der Waals surface area contributed by atoms with Gasteiger partial charge in [0.15, 0.2) is 0 Å². The highest BCUT2D eigenvalue weighted by molar-refractivity contribution is 4.67. The van der Waals surface area contributed by atoms with Gasteiger partial charge in [-0.2, -0.15) is 0 Å². The molecule has 0 saturated heterocycles. The molecule has 0 unspecified atom stereocenters. The Labute approximate surface area is 38.4 Å². The summed E-state index contributed by atoms with van der Waals surface area (Å²) >= 11 is 0. The third kappa shape index (κ3) is 3.93. The van der Waals surface area contributed by atoms with Crippen LogP contribution in [-0.4, -0.2) is 6.67 Å². The van der Waals surface area contributed by atoms with E-state index in [2.05, 4.69) is 6.92 Å². The lowest BCUT2D eigenvalue weighted by atomic mass is 10.00. The Kier molecular flexibility index (Phi) is 1.57. The largest absolute Gasteiger partial charge is 0.251 e. The molecule has 0 rings (SSSR count). The van der Waals surface area contributed by atoms with Gasteiger partial charge in [-0.05, 0) is 12.3 Å². The van der Waals surface area contributed by atoms with Crippen LogP contribution in [0.15, 0.2) is 0 Å². The number of rotatable bonds is 1. The molecular formula is C5H10F. The van der Waals surface area contributed by atoms with Crippen molar-refractivity contribution < 1.29 is 4.39 Å². The van der Waals surface area contributed by atoms with E-state index in [0.717, 1.165) is 0 Å². The molecule has 1 radical (unpaired) electrons. The highest BCUT2D eigenvalue weighted by atomic mass is 19.1. The molecule has 0 saturated carbocycles. The molecule has 37 valence electrons. The highest BCUT2D eigenvalue weighted by Crippen LogP contribution is 2.10. The second-order valence-corrected chi connectivity index (χ2v) is 2.30. The molecule has 6 heavy (non-hydrogen) atoms. The fraction of sp³-hybridized carbons (Fsp3) is 0.800. The van der Waals surface area contributed by atoms with Crippen LogP contribution in [0.2, 0.25) is 0 Å². The molecule has 0 spiro atoms. The van der Waals surface area contributed by atoms with Gasteiger partial charge in [0.25, 0.3) is 0 Å². The van der Waals surface area contributed by atoms with Gasteiger partial charge >= 0.3 is 0 Å². The molecule has 0 bridgehead atoms. The quantitative estimate of drug-likeness (QED) is 0.459. The van der Waals surface area contributed by atoms with Crippen LogP contribution in [-0.2, 0) is 0 Å². The van der Waals surface area contributed by atoms with Crippen molar-refractivity contribution in [3.05, 3.63) is 6.92 Å². The summed E-state index contributed by atoms with van der Waals surface area (Å²) in [6.07, 6.45) is 0. The molecule has 0 aliphatic rings. The molecule has 0 aliphatic carbocycles. The van der Waals surface area contributed by atoms with Gasteiger partial charge in [-0.25, -0.2) is 0 Å². The van der Waals surface area contributed by atoms with E-state index in [1.54, 1.807) is 13.8 Å². The summed E-state index contributed by atoms with van der Waals surface area (Å²) in [5.74, 6) is 0. The fourth-order valence-corrected chi connectivity index (χ4v) is 0. The van der Waals surface area contributed by atoms with E-state index in [0.29, 0.717) is 0 Å². The van der Waals surface area contributed by atoms with Gasteiger partial charge in [-0.3, -0.25) is 4.39 Å². The van der Waals surface area contributed by atoms with Crippen molar-refractivity contribution in [3.8, 4) is 0 Å². The number of hydrogen-bond acceptors (Lipinski definition) is 0. The summed E-state index contributed by atoms with van der Waals surface area (Å²) in [4.78, 5) is 0. The lowest BCUT2D eigenvalue weighted by molar-refractivity contribution is 0.319. The van der Waals surface area contributed by atoms with Gasteiger partial charge in [0.05, 0.1) is 6.67 Å². The van der Waals surface area contributed by atoms with Gasteiger partial charge in [-0.1, -0.05) is 13.8 Å². The van der Waals surface area contributed by atoms with E-state index in [1.165, 1.54) is 0 Å². The van der Waals surface area contributed by atoms with Crippen molar-refractivity contribution in [3.63, 3.8) is 0 Å². The molecule has 0 aromatic heterocycles. The molecule has 0 heterocycles. The maximum absolute atomic E-state index is 11.4. The molecule has 0 aromatic rings. The van der Waals surface area contributed by atoms with E-state index >= 15 is 0 Å². The zero-order chi connectivity index (χ0) is 5.21. The molecule has 0 fully saturated rings. The van der Waals surface area contributed by atoms with Crippen LogP contribution in [0.4, 0.5) is 4.39 Å². The third-order valence-corrected chi connectivity index (χ3v) is 0.362. The smallest absolute Gasteiger partial charge is 0.0945 e. The summed E-state index contributed by atoms with van der Waals surface area (Å²) in [5.41, 5.74) is -0.375. The summed E-state index contributed by atoms with van der Waals surface area (Å²) in [6.45, 7) is 6.69. The summed E-state index contributed by atoms with van der Waals surface area (Å²) in [6, 6.07) is 0. The van der Waals surface area contributed by atoms with Crippen LogP contribution in [0.5, 0.6) is 0 Å². The Hall–Kier alpha value is -0.0700. The number of hydrogen-bond donors (Lipinski definition) is 0. The normalized spacial score (nSPS) is 12.0. The van der Waals surface area contributed by atoms with Crippen molar-refractivity contribution in [1.29, 1.82) is 0 Å². The van der Waals surface area contributed by atoms with E-state index in [1.807, 2.05) is 0 Å². The van der Waals surface area contributed by atoms with Crippen LogP contribution in [0.25, 0.3) is 0 Å². The van der Waals surface area contributed by atoms with Crippen LogP contribution in [0, 0.1) is 12.3 Å². The van der Waals surface area contributed by atoms with Crippen LogP contribution in [0.3, 0.4) is 0 Å². The van der Waals surface area contributed by atoms with E-state index < -0.39 is 0 Å². The molecule has 1 heteroatoms. The SMILES string of the molecule is [CH2]C(C)(C)CF. The Morgan fingerprint density at radius 2 is 1.83 bits per heavy atom. The standard InChI is InChI=1S/C5H10F/c1-5(2,3)4-6/h1,4H2,2-3H3. The fourth-order valence-electron chi connectivity index (χ4n) is 0. The molecule has 0 amide bonds. The highest BCUT2D eigenvalue weighted by Gasteiger charge is 2.06. The molecule has 0 atom stereocenters. The molecule has 0 aromatic carbocycles. The maximum Gasteiger partial charge on any atom is 0.0945 e. The summed E-state index contributed by atoms with van der Waals surface area (Å²) < 4.78 is 11.4. The van der Waals surface area contributed by atoms with Crippen LogP contribution >= 0.6 is 0 Å². The first-order valence-electron chi connectivity index (χ1n) is 1.97. The molecule has 0 nitrogen and oxygen atoms in total. The molecular weight excluding hydrogens is 79.1 g/mol. The van der Waals surface area contributed by atoms with Crippen molar-refractivity contribution >= 4 is 0 Å². The van der Waals surface area contributed by atoms with E-state index in [4.69, 9.17) is 0 Å². The first-order valence-corrected chi connectivity index (χ1v) is 1.97. The number of halogens is 1. The second-order valence-electron chi connectivity index (χ2n) is 2.30. The van der Waals surface area contributed by atoms with Crippen molar-refractivity contribution in [2.24, 2.45) is 5.41 Å². The van der Waals surface area contributed by atoms with E-state index in [9.17, 15) is 4.39 Å². The average molecular weight is 89.1 g/mol.